The molecule has 1 fully saturated rings. The van der Waals surface area contributed by atoms with Crippen molar-refractivity contribution in [1.29, 1.82) is 0 Å². The van der Waals surface area contributed by atoms with Gasteiger partial charge in [0.1, 0.15) is 0 Å². The van der Waals surface area contributed by atoms with Crippen molar-refractivity contribution < 1.29 is 0 Å². The molecule has 2 rings (SSSR count). The predicted octanol–water partition coefficient (Wildman–Crippen LogP) is 2.09. The van der Waals surface area contributed by atoms with Gasteiger partial charge in [-0.05, 0) is 32.8 Å². The van der Waals surface area contributed by atoms with Crippen LogP contribution in [0.2, 0.25) is 0 Å². The minimum Gasteiger partial charge on any atom is -0.314 e. The molecule has 0 saturated carbocycles. The number of rotatable bonds is 5. The lowest BCUT2D eigenvalue weighted by Crippen LogP contribution is -2.68. The highest BCUT2D eigenvalue weighted by molar-refractivity contribution is 5.01. The van der Waals surface area contributed by atoms with Crippen LogP contribution in [-0.4, -0.2) is 40.2 Å². The fourth-order valence-corrected chi connectivity index (χ4v) is 2.99. The molecule has 1 aromatic rings. The minimum absolute atomic E-state index is 0.0871. The molecule has 0 aromatic carbocycles. The van der Waals surface area contributed by atoms with Crippen LogP contribution in [0.15, 0.2) is 29.2 Å². The molecule has 118 valence electrons. The average molecular weight is 291 g/mol. The molecule has 0 spiro atoms. The van der Waals surface area contributed by atoms with Gasteiger partial charge in [-0.3, -0.25) is 9.69 Å². The van der Waals surface area contributed by atoms with E-state index in [1.54, 1.807) is 16.7 Å². The van der Waals surface area contributed by atoms with Gasteiger partial charge in [0.25, 0.3) is 5.56 Å². The van der Waals surface area contributed by atoms with E-state index < -0.39 is 0 Å². The average Bonchev–Trinajstić information content (AvgIpc) is 2.50. The Morgan fingerprint density at radius 2 is 1.95 bits per heavy atom. The van der Waals surface area contributed by atoms with Crippen LogP contribution in [0.5, 0.6) is 0 Å². The highest BCUT2D eigenvalue weighted by Gasteiger charge is 2.40. The largest absolute Gasteiger partial charge is 0.314 e. The van der Waals surface area contributed by atoms with E-state index in [1.807, 2.05) is 12.3 Å². The molecule has 0 aliphatic carbocycles. The van der Waals surface area contributed by atoms with E-state index in [0.29, 0.717) is 0 Å². The summed E-state index contributed by atoms with van der Waals surface area (Å²) in [4.78, 5) is 14.4. The molecule has 1 aliphatic rings. The lowest BCUT2D eigenvalue weighted by Gasteiger charge is -2.52. The fraction of sp³-hybridized carbons (Fsp3) is 0.706. The first kappa shape index (κ1) is 16.2. The molecule has 2 heterocycles. The lowest BCUT2D eigenvalue weighted by atomic mass is 9.86. The summed E-state index contributed by atoms with van der Waals surface area (Å²) in [7, 11) is 0. The second-order valence-corrected chi connectivity index (χ2v) is 6.77. The third-order valence-electron chi connectivity index (χ3n) is 5.25. The highest BCUT2D eigenvalue weighted by atomic mass is 16.1. The maximum absolute atomic E-state index is 11.8. The Hall–Kier alpha value is -1.13. The molecule has 2 unspecified atom stereocenters. The van der Waals surface area contributed by atoms with Crippen molar-refractivity contribution >= 4 is 0 Å². The lowest BCUT2D eigenvalue weighted by molar-refractivity contribution is 0.0144. The summed E-state index contributed by atoms with van der Waals surface area (Å²) < 4.78 is 1.81. The zero-order valence-corrected chi connectivity index (χ0v) is 13.9. The van der Waals surface area contributed by atoms with Gasteiger partial charge in [0.05, 0.1) is 0 Å². The summed E-state index contributed by atoms with van der Waals surface area (Å²) in [6, 6.07) is 5.36. The first-order valence-corrected chi connectivity index (χ1v) is 8.08. The molecule has 0 radical (unpaired) electrons. The standard InChI is InChI=1S/C17H29N3O/c1-5-16(3)14-20(17(4,6-2)13-18-16)12-11-19-10-8-7-9-15(19)21/h7-10,18H,5-6,11-14H2,1-4H3. The molecule has 0 amide bonds. The molecule has 21 heavy (non-hydrogen) atoms. The smallest absolute Gasteiger partial charge is 0.250 e. The van der Waals surface area contributed by atoms with Crippen molar-refractivity contribution in [3.8, 4) is 0 Å². The van der Waals surface area contributed by atoms with Crippen molar-refractivity contribution in [2.75, 3.05) is 19.6 Å². The van der Waals surface area contributed by atoms with E-state index in [9.17, 15) is 4.79 Å². The summed E-state index contributed by atoms with van der Waals surface area (Å²) in [5.41, 5.74) is 0.438. The van der Waals surface area contributed by atoms with Gasteiger partial charge in [-0.1, -0.05) is 19.9 Å². The van der Waals surface area contributed by atoms with Gasteiger partial charge in [0.2, 0.25) is 0 Å². The first-order chi connectivity index (χ1) is 9.92. The first-order valence-electron chi connectivity index (χ1n) is 8.08. The van der Waals surface area contributed by atoms with Crippen molar-refractivity contribution in [2.45, 2.75) is 58.2 Å². The normalized spacial score (nSPS) is 30.5. The summed E-state index contributed by atoms with van der Waals surface area (Å²) in [6.45, 7) is 12.8. The van der Waals surface area contributed by atoms with E-state index in [4.69, 9.17) is 0 Å². The van der Waals surface area contributed by atoms with Crippen LogP contribution >= 0.6 is 0 Å². The van der Waals surface area contributed by atoms with E-state index in [-0.39, 0.29) is 16.6 Å². The zero-order valence-electron chi connectivity index (χ0n) is 13.9. The van der Waals surface area contributed by atoms with Gasteiger partial charge in [0, 0.05) is 49.5 Å². The number of hydrogen-bond acceptors (Lipinski definition) is 3. The second kappa shape index (κ2) is 6.32. The van der Waals surface area contributed by atoms with Crippen molar-refractivity contribution in [1.82, 2.24) is 14.8 Å². The van der Waals surface area contributed by atoms with E-state index in [1.165, 1.54) is 0 Å². The summed E-state index contributed by atoms with van der Waals surface area (Å²) in [6.07, 6.45) is 4.12. The van der Waals surface area contributed by atoms with Gasteiger partial charge >= 0.3 is 0 Å². The van der Waals surface area contributed by atoms with Gasteiger partial charge in [0.15, 0.2) is 0 Å². The van der Waals surface area contributed by atoms with E-state index >= 15 is 0 Å². The molecule has 1 N–H and O–H groups in total. The molecule has 0 bridgehead atoms. The number of hydrogen-bond donors (Lipinski definition) is 1. The van der Waals surface area contributed by atoms with E-state index in [2.05, 4.69) is 37.9 Å². The molecule has 1 aliphatic heterocycles. The second-order valence-electron chi connectivity index (χ2n) is 6.77. The SMILES string of the molecule is CCC1(C)CN(CCn2ccccc2=O)C(C)(CC)CN1. The Labute approximate surface area is 128 Å². The summed E-state index contributed by atoms with van der Waals surface area (Å²) in [5.74, 6) is 0. The molecule has 2 atom stereocenters. The van der Waals surface area contributed by atoms with Crippen LogP contribution in [0.4, 0.5) is 0 Å². The number of nitrogens with one attached hydrogen (secondary N) is 1. The predicted molar refractivity (Wildman–Crippen MR) is 87.7 cm³/mol. The van der Waals surface area contributed by atoms with Crippen molar-refractivity contribution in [3.05, 3.63) is 34.7 Å². The van der Waals surface area contributed by atoms with Crippen molar-refractivity contribution in [3.63, 3.8) is 0 Å². The fourth-order valence-electron chi connectivity index (χ4n) is 2.99. The third kappa shape index (κ3) is 3.55. The Bertz CT molecular complexity index is 527. The van der Waals surface area contributed by atoms with Crippen LogP contribution < -0.4 is 10.9 Å². The topological polar surface area (TPSA) is 37.3 Å². The number of pyridine rings is 1. The molecule has 1 saturated heterocycles. The Morgan fingerprint density at radius 1 is 1.19 bits per heavy atom. The Kier molecular flexibility index (Phi) is 4.89. The highest BCUT2D eigenvalue weighted by Crippen LogP contribution is 2.28. The third-order valence-corrected chi connectivity index (χ3v) is 5.25. The molecular weight excluding hydrogens is 262 g/mol. The maximum atomic E-state index is 11.8. The zero-order chi connectivity index (χ0) is 15.5. The van der Waals surface area contributed by atoms with Crippen LogP contribution in [0.25, 0.3) is 0 Å². The Balaban J connectivity index is 2.10. The van der Waals surface area contributed by atoms with Crippen LogP contribution in [-0.2, 0) is 6.54 Å². The van der Waals surface area contributed by atoms with Crippen LogP contribution in [0, 0.1) is 0 Å². The molecule has 4 heteroatoms. The van der Waals surface area contributed by atoms with E-state index in [0.717, 1.165) is 39.0 Å². The molecule has 1 aromatic heterocycles. The summed E-state index contributed by atoms with van der Waals surface area (Å²) >= 11 is 0. The number of piperazine rings is 1. The maximum Gasteiger partial charge on any atom is 0.250 e. The van der Waals surface area contributed by atoms with Gasteiger partial charge in [-0.15, -0.1) is 0 Å². The molecular formula is C17H29N3O. The van der Waals surface area contributed by atoms with Gasteiger partial charge in [-0.25, -0.2) is 0 Å². The van der Waals surface area contributed by atoms with Crippen LogP contribution in [0.3, 0.4) is 0 Å². The Morgan fingerprint density at radius 3 is 2.57 bits per heavy atom. The minimum atomic E-state index is 0.0871. The summed E-state index contributed by atoms with van der Waals surface area (Å²) in [5, 5.41) is 3.72. The quantitative estimate of drug-likeness (QED) is 0.902. The molecule has 4 nitrogen and oxygen atoms in total. The van der Waals surface area contributed by atoms with Gasteiger partial charge in [-0.2, -0.15) is 0 Å². The monoisotopic (exact) mass is 291 g/mol. The number of nitrogens with zero attached hydrogens (tertiary/aromatic N) is 2. The van der Waals surface area contributed by atoms with Crippen LogP contribution in [0.1, 0.15) is 40.5 Å². The number of aromatic nitrogens is 1. The van der Waals surface area contributed by atoms with Crippen molar-refractivity contribution in [2.24, 2.45) is 0 Å². The van der Waals surface area contributed by atoms with Gasteiger partial charge < -0.3 is 9.88 Å².